The van der Waals surface area contributed by atoms with Crippen LogP contribution in [0.1, 0.15) is 29.3 Å². The van der Waals surface area contributed by atoms with E-state index in [4.69, 9.17) is 10.8 Å². The number of nitrogens with zero attached hydrogens (tertiary/aromatic N) is 1. The number of amides is 1. The SMILES string of the molecule is CCC(C(N)=O)N1CCc2cc(C(=O)O)ccc21. The second kappa shape index (κ2) is 4.68. The topological polar surface area (TPSA) is 83.6 Å². The first-order valence-electron chi connectivity index (χ1n) is 5.96. The summed E-state index contributed by atoms with van der Waals surface area (Å²) in [4.78, 5) is 24.2. The van der Waals surface area contributed by atoms with Crippen LogP contribution in [0.15, 0.2) is 18.2 Å². The predicted molar refractivity (Wildman–Crippen MR) is 67.7 cm³/mol. The van der Waals surface area contributed by atoms with Gasteiger partial charge >= 0.3 is 5.97 Å². The average Bonchev–Trinajstić information content (AvgIpc) is 2.73. The van der Waals surface area contributed by atoms with E-state index < -0.39 is 5.97 Å². The Bertz CT molecular complexity index is 499. The van der Waals surface area contributed by atoms with Crippen molar-refractivity contribution in [3.05, 3.63) is 29.3 Å². The number of fused-ring (bicyclic) bond motifs is 1. The Morgan fingerprint density at radius 1 is 1.50 bits per heavy atom. The minimum Gasteiger partial charge on any atom is -0.478 e. The highest BCUT2D eigenvalue weighted by Gasteiger charge is 2.28. The van der Waals surface area contributed by atoms with Crippen LogP contribution in [0.5, 0.6) is 0 Å². The first-order valence-corrected chi connectivity index (χ1v) is 5.96. The summed E-state index contributed by atoms with van der Waals surface area (Å²) in [6.07, 6.45) is 1.40. The zero-order chi connectivity index (χ0) is 13.3. The van der Waals surface area contributed by atoms with Gasteiger partial charge in [0.2, 0.25) is 5.91 Å². The smallest absolute Gasteiger partial charge is 0.335 e. The summed E-state index contributed by atoms with van der Waals surface area (Å²) >= 11 is 0. The summed E-state index contributed by atoms with van der Waals surface area (Å²) in [6, 6.07) is 4.68. The number of carboxylic acids is 1. The van der Waals surface area contributed by atoms with Crippen LogP contribution >= 0.6 is 0 Å². The minimum atomic E-state index is -0.932. The van der Waals surface area contributed by atoms with Gasteiger partial charge in [-0.15, -0.1) is 0 Å². The monoisotopic (exact) mass is 248 g/mol. The van der Waals surface area contributed by atoms with Crippen molar-refractivity contribution in [2.75, 3.05) is 11.4 Å². The molecule has 3 N–H and O–H groups in total. The van der Waals surface area contributed by atoms with E-state index in [1.54, 1.807) is 18.2 Å². The van der Waals surface area contributed by atoms with Gasteiger partial charge in [0.05, 0.1) is 5.56 Å². The van der Waals surface area contributed by atoms with Crippen molar-refractivity contribution in [3.63, 3.8) is 0 Å². The van der Waals surface area contributed by atoms with Gasteiger partial charge in [-0.2, -0.15) is 0 Å². The van der Waals surface area contributed by atoms with Gasteiger partial charge in [0.15, 0.2) is 0 Å². The molecule has 1 aromatic carbocycles. The van der Waals surface area contributed by atoms with E-state index >= 15 is 0 Å². The molecule has 0 saturated carbocycles. The Labute approximate surface area is 105 Å². The highest BCUT2D eigenvalue weighted by Crippen LogP contribution is 2.31. The zero-order valence-electron chi connectivity index (χ0n) is 10.2. The quantitative estimate of drug-likeness (QED) is 0.833. The number of hydrogen-bond donors (Lipinski definition) is 2. The number of anilines is 1. The van der Waals surface area contributed by atoms with E-state index in [0.717, 1.165) is 17.7 Å². The van der Waals surface area contributed by atoms with Gasteiger partial charge in [-0.05, 0) is 36.6 Å². The molecule has 1 amide bonds. The maximum absolute atomic E-state index is 11.4. The van der Waals surface area contributed by atoms with Crippen LogP contribution in [-0.2, 0) is 11.2 Å². The van der Waals surface area contributed by atoms with Crippen LogP contribution in [0, 0.1) is 0 Å². The van der Waals surface area contributed by atoms with Crippen molar-refractivity contribution < 1.29 is 14.7 Å². The van der Waals surface area contributed by atoms with Crippen LogP contribution in [0.25, 0.3) is 0 Å². The fourth-order valence-electron chi connectivity index (χ4n) is 2.46. The molecule has 0 saturated heterocycles. The van der Waals surface area contributed by atoms with E-state index in [1.807, 2.05) is 11.8 Å². The standard InChI is InChI=1S/C13H16N2O3/c1-2-10(12(14)16)15-6-5-8-7-9(13(17)18)3-4-11(8)15/h3-4,7,10H,2,5-6H2,1H3,(H2,14,16)(H,17,18). The second-order valence-corrected chi connectivity index (χ2v) is 4.42. The average molecular weight is 248 g/mol. The van der Waals surface area contributed by atoms with E-state index in [9.17, 15) is 9.59 Å². The number of hydrogen-bond acceptors (Lipinski definition) is 3. The van der Waals surface area contributed by atoms with E-state index in [-0.39, 0.29) is 17.5 Å². The summed E-state index contributed by atoms with van der Waals surface area (Å²) in [5.74, 6) is -1.27. The van der Waals surface area contributed by atoms with Gasteiger partial charge in [0.25, 0.3) is 0 Å². The van der Waals surface area contributed by atoms with Crippen molar-refractivity contribution in [1.82, 2.24) is 0 Å². The van der Waals surface area contributed by atoms with Gasteiger partial charge in [-0.3, -0.25) is 4.79 Å². The lowest BCUT2D eigenvalue weighted by Gasteiger charge is -2.26. The number of nitrogens with two attached hydrogens (primary N) is 1. The number of primary amides is 1. The summed E-state index contributed by atoms with van der Waals surface area (Å²) in [5, 5.41) is 8.94. The van der Waals surface area contributed by atoms with E-state index in [1.165, 1.54) is 0 Å². The molecule has 1 aliphatic rings. The van der Waals surface area contributed by atoms with Crippen molar-refractivity contribution in [3.8, 4) is 0 Å². The van der Waals surface area contributed by atoms with Gasteiger partial charge in [-0.1, -0.05) is 6.92 Å². The normalized spacial score (nSPS) is 15.3. The largest absolute Gasteiger partial charge is 0.478 e. The van der Waals surface area contributed by atoms with Crippen LogP contribution < -0.4 is 10.6 Å². The third-order valence-corrected chi connectivity index (χ3v) is 3.35. The Morgan fingerprint density at radius 2 is 2.22 bits per heavy atom. The zero-order valence-corrected chi connectivity index (χ0v) is 10.2. The Balaban J connectivity index is 2.34. The van der Waals surface area contributed by atoms with Crippen molar-refractivity contribution in [1.29, 1.82) is 0 Å². The lowest BCUT2D eigenvalue weighted by molar-refractivity contribution is -0.119. The number of carboxylic acid groups (broad SMARTS) is 1. The molecular formula is C13H16N2O3. The molecule has 1 unspecified atom stereocenters. The number of carbonyl (C=O) groups excluding carboxylic acids is 1. The first kappa shape index (κ1) is 12.4. The van der Waals surface area contributed by atoms with Gasteiger partial charge in [0.1, 0.15) is 6.04 Å². The molecule has 0 aliphatic carbocycles. The second-order valence-electron chi connectivity index (χ2n) is 4.42. The highest BCUT2D eigenvalue weighted by molar-refractivity contribution is 5.90. The van der Waals surface area contributed by atoms with Crippen LogP contribution in [-0.4, -0.2) is 29.6 Å². The van der Waals surface area contributed by atoms with Crippen molar-refractivity contribution in [2.24, 2.45) is 5.73 Å². The summed E-state index contributed by atoms with van der Waals surface area (Å²) in [5.41, 5.74) is 7.56. The molecule has 0 fully saturated rings. The fourth-order valence-corrected chi connectivity index (χ4v) is 2.46. The Hall–Kier alpha value is -2.04. The van der Waals surface area contributed by atoms with Gasteiger partial charge < -0.3 is 15.7 Å². The molecule has 18 heavy (non-hydrogen) atoms. The lowest BCUT2D eigenvalue weighted by Crippen LogP contribution is -2.43. The Morgan fingerprint density at radius 3 is 2.78 bits per heavy atom. The molecule has 1 heterocycles. The third kappa shape index (κ3) is 2.03. The number of aromatic carboxylic acids is 1. The summed E-state index contributed by atoms with van der Waals surface area (Å²) in [7, 11) is 0. The first-order chi connectivity index (χ1) is 8.54. The van der Waals surface area contributed by atoms with Crippen molar-refractivity contribution in [2.45, 2.75) is 25.8 Å². The predicted octanol–water partition coefficient (Wildman–Crippen LogP) is 1.01. The maximum Gasteiger partial charge on any atom is 0.335 e. The third-order valence-electron chi connectivity index (χ3n) is 3.35. The highest BCUT2D eigenvalue weighted by atomic mass is 16.4. The number of rotatable bonds is 4. The summed E-state index contributed by atoms with van der Waals surface area (Å²) < 4.78 is 0. The molecule has 96 valence electrons. The molecule has 1 aliphatic heterocycles. The number of benzene rings is 1. The molecule has 5 nitrogen and oxygen atoms in total. The molecule has 0 aromatic heterocycles. The van der Waals surface area contributed by atoms with Crippen molar-refractivity contribution >= 4 is 17.6 Å². The van der Waals surface area contributed by atoms with Gasteiger partial charge in [-0.25, -0.2) is 4.79 Å². The molecule has 0 spiro atoms. The van der Waals surface area contributed by atoms with Crippen LogP contribution in [0.4, 0.5) is 5.69 Å². The minimum absolute atomic E-state index is 0.280. The molecule has 0 bridgehead atoms. The van der Waals surface area contributed by atoms with Gasteiger partial charge in [0, 0.05) is 12.2 Å². The van der Waals surface area contributed by atoms with E-state index in [2.05, 4.69) is 0 Å². The lowest BCUT2D eigenvalue weighted by atomic mass is 10.1. The Kier molecular flexibility index (Phi) is 3.23. The molecule has 0 radical (unpaired) electrons. The molecule has 1 atom stereocenters. The molecule has 1 aromatic rings. The maximum atomic E-state index is 11.4. The fraction of sp³-hybridized carbons (Fsp3) is 0.385. The summed E-state index contributed by atoms with van der Waals surface area (Å²) in [6.45, 7) is 2.62. The van der Waals surface area contributed by atoms with E-state index in [0.29, 0.717) is 13.0 Å². The molecule has 5 heteroatoms. The van der Waals surface area contributed by atoms with Crippen LogP contribution in [0.2, 0.25) is 0 Å². The molecule has 2 rings (SSSR count). The molecular weight excluding hydrogens is 232 g/mol. The van der Waals surface area contributed by atoms with Crippen LogP contribution in [0.3, 0.4) is 0 Å². The number of carbonyl (C=O) groups is 2.